The highest BCUT2D eigenvalue weighted by molar-refractivity contribution is 7.99. The number of carboxylic acids is 1. The first kappa shape index (κ1) is 10.4. The summed E-state index contributed by atoms with van der Waals surface area (Å²) < 4.78 is 0. The fourth-order valence-corrected chi connectivity index (χ4v) is 2.70. The highest BCUT2D eigenvalue weighted by Gasteiger charge is 2.34. The van der Waals surface area contributed by atoms with Crippen molar-refractivity contribution in [3.8, 4) is 0 Å². The fraction of sp³-hybridized carbons (Fsp3) is 0.750. The van der Waals surface area contributed by atoms with Crippen LogP contribution in [0.4, 0.5) is 0 Å². The van der Waals surface area contributed by atoms with Crippen LogP contribution in [0.25, 0.3) is 0 Å². The predicted molar refractivity (Wildman–Crippen MR) is 50.7 cm³/mol. The number of aliphatic carboxylic acids is 1. The third-order valence-corrected chi connectivity index (χ3v) is 3.36. The van der Waals surface area contributed by atoms with Gasteiger partial charge in [0.25, 0.3) is 0 Å². The number of carboxylic acid groups (broad SMARTS) is 1. The Labute approximate surface area is 81.3 Å². The first-order chi connectivity index (χ1) is 6.04. The molecule has 0 spiro atoms. The summed E-state index contributed by atoms with van der Waals surface area (Å²) >= 11 is 1.59. The van der Waals surface area contributed by atoms with Crippen LogP contribution in [-0.2, 0) is 9.59 Å². The van der Waals surface area contributed by atoms with Crippen molar-refractivity contribution in [2.24, 2.45) is 0 Å². The Morgan fingerprint density at radius 1 is 1.46 bits per heavy atom. The van der Waals surface area contributed by atoms with E-state index in [0.29, 0.717) is 5.75 Å². The largest absolute Gasteiger partial charge is 0.480 e. The molecule has 74 valence electrons. The van der Waals surface area contributed by atoms with E-state index < -0.39 is 12.0 Å². The van der Waals surface area contributed by atoms with Crippen LogP contribution < -0.4 is 0 Å². The van der Waals surface area contributed by atoms with Crippen LogP contribution in [0.3, 0.4) is 0 Å². The zero-order valence-electron chi connectivity index (χ0n) is 7.69. The maximum absolute atomic E-state index is 11.2. The number of carbonyl (C=O) groups is 2. The Bertz CT molecular complexity index is 231. The van der Waals surface area contributed by atoms with Gasteiger partial charge in [0.05, 0.1) is 0 Å². The summed E-state index contributed by atoms with van der Waals surface area (Å²) in [6, 6.07) is -0.622. The topological polar surface area (TPSA) is 57.6 Å². The van der Waals surface area contributed by atoms with Gasteiger partial charge in [0.2, 0.25) is 5.91 Å². The number of carbonyl (C=O) groups excluding carboxylic acids is 1. The molecule has 0 aliphatic carbocycles. The molecule has 2 unspecified atom stereocenters. The van der Waals surface area contributed by atoms with Crippen LogP contribution in [0.1, 0.15) is 13.8 Å². The quantitative estimate of drug-likeness (QED) is 0.671. The van der Waals surface area contributed by atoms with E-state index in [1.54, 1.807) is 11.8 Å². The lowest BCUT2D eigenvalue weighted by Crippen LogP contribution is -2.53. The average molecular weight is 203 g/mol. The van der Waals surface area contributed by atoms with Crippen LogP contribution in [0.5, 0.6) is 0 Å². The molecule has 0 bridgehead atoms. The van der Waals surface area contributed by atoms with Crippen molar-refractivity contribution in [1.82, 2.24) is 4.90 Å². The second-order valence-corrected chi connectivity index (χ2v) is 4.24. The molecule has 0 aromatic rings. The highest BCUT2D eigenvalue weighted by atomic mass is 32.2. The molecule has 2 atom stereocenters. The lowest BCUT2D eigenvalue weighted by Gasteiger charge is -2.37. The summed E-state index contributed by atoms with van der Waals surface area (Å²) in [5.74, 6) is 0.261. The minimum Gasteiger partial charge on any atom is -0.480 e. The molecule has 1 heterocycles. The number of nitrogens with zero attached hydrogens (tertiary/aromatic N) is 1. The maximum Gasteiger partial charge on any atom is 0.327 e. The monoisotopic (exact) mass is 203 g/mol. The van der Waals surface area contributed by atoms with Gasteiger partial charge < -0.3 is 10.0 Å². The first-order valence-corrected chi connectivity index (χ1v) is 5.29. The minimum absolute atomic E-state index is 0.0253. The van der Waals surface area contributed by atoms with Gasteiger partial charge in [0.1, 0.15) is 6.04 Å². The van der Waals surface area contributed by atoms with E-state index in [9.17, 15) is 9.59 Å². The molecule has 4 nitrogen and oxygen atoms in total. The Balaban J connectivity index is 2.80. The van der Waals surface area contributed by atoms with E-state index in [4.69, 9.17) is 5.11 Å². The smallest absolute Gasteiger partial charge is 0.327 e. The predicted octanol–water partition coefficient (Wildman–Crippen LogP) is 0.423. The van der Waals surface area contributed by atoms with E-state index >= 15 is 0 Å². The van der Waals surface area contributed by atoms with Crippen LogP contribution in [0.2, 0.25) is 0 Å². The van der Waals surface area contributed by atoms with Crippen molar-refractivity contribution in [1.29, 1.82) is 0 Å². The van der Waals surface area contributed by atoms with Gasteiger partial charge in [-0.25, -0.2) is 4.79 Å². The van der Waals surface area contributed by atoms with Crippen LogP contribution >= 0.6 is 11.8 Å². The van der Waals surface area contributed by atoms with Gasteiger partial charge in [0.15, 0.2) is 0 Å². The normalized spacial score (nSPS) is 28.6. The number of thioether (sulfide) groups is 1. The molecule has 0 aromatic carbocycles. The summed E-state index contributed by atoms with van der Waals surface area (Å²) in [7, 11) is 0. The molecule has 0 aromatic heterocycles. The van der Waals surface area contributed by atoms with Gasteiger partial charge in [-0.05, 0) is 6.92 Å². The molecule has 13 heavy (non-hydrogen) atoms. The molecule has 1 aliphatic rings. The first-order valence-electron chi connectivity index (χ1n) is 4.13. The number of hydrogen-bond acceptors (Lipinski definition) is 3. The third-order valence-electron chi connectivity index (χ3n) is 2.09. The molecule has 1 rings (SSSR count). The van der Waals surface area contributed by atoms with Gasteiger partial charge in [0, 0.05) is 24.5 Å². The second-order valence-electron chi connectivity index (χ2n) is 3.17. The van der Waals surface area contributed by atoms with E-state index in [1.807, 2.05) is 6.92 Å². The number of amides is 1. The molecule has 0 saturated carbocycles. The molecule has 5 heteroatoms. The highest BCUT2D eigenvalue weighted by Crippen LogP contribution is 2.21. The Hall–Kier alpha value is -0.710. The molecule has 1 N–H and O–H groups in total. The summed E-state index contributed by atoms with van der Waals surface area (Å²) in [6.07, 6.45) is 0. The SMILES string of the molecule is CC(=O)N1C(C)CSCC1C(=O)O. The van der Waals surface area contributed by atoms with E-state index in [1.165, 1.54) is 11.8 Å². The second kappa shape index (κ2) is 4.00. The van der Waals surface area contributed by atoms with Crippen LogP contribution in [0.15, 0.2) is 0 Å². The molecule has 1 amide bonds. The minimum atomic E-state index is -0.908. The standard InChI is InChI=1S/C8H13NO3S/c1-5-3-13-4-7(8(11)12)9(5)6(2)10/h5,7H,3-4H2,1-2H3,(H,11,12). The van der Waals surface area contributed by atoms with Gasteiger partial charge >= 0.3 is 5.97 Å². The molecule has 1 aliphatic heterocycles. The average Bonchev–Trinajstić information content (AvgIpc) is 2.02. The van der Waals surface area contributed by atoms with Crippen molar-refractivity contribution in [2.45, 2.75) is 25.9 Å². The van der Waals surface area contributed by atoms with E-state index in [-0.39, 0.29) is 11.9 Å². The van der Waals surface area contributed by atoms with Crippen molar-refractivity contribution in [2.75, 3.05) is 11.5 Å². The lowest BCUT2D eigenvalue weighted by atomic mass is 10.2. The lowest BCUT2D eigenvalue weighted by molar-refractivity contribution is -0.150. The Morgan fingerprint density at radius 2 is 2.08 bits per heavy atom. The van der Waals surface area contributed by atoms with Gasteiger partial charge in [-0.15, -0.1) is 0 Å². The zero-order chi connectivity index (χ0) is 10.0. The number of hydrogen-bond donors (Lipinski definition) is 1. The summed E-state index contributed by atoms with van der Waals surface area (Å²) in [5.41, 5.74) is 0. The molecule has 1 fully saturated rings. The van der Waals surface area contributed by atoms with Gasteiger partial charge in [-0.3, -0.25) is 4.79 Å². The Kier molecular flexibility index (Phi) is 3.19. The summed E-state index contributed by atoms with van der Waals surface area (Å²) in [4.78, 5) is 23.4. The maximum atomic E-state index is 11.2. The van der Waals surface area contributed by atoms with Crippen LogP contribution in [-0.4, -0.2) is 45.5 Å². The van der Waals surface area contributed by atoms with Gasteiger partial charge in [-0.2, -0.15) is 11.8 Å². The molecular formula is C8H13NO3S. The third kappa shape index (κ3) is 2.15. The van der Waals surface area contributed by atoms with Crippen molar-refractivity contribution in [3.05, 3.63) is 0 Å². The summed E-state index contributed by atoms with van der Waals surface area (Å²) in [6.45, 7) is 3.30. The fourth-order valence-electron chi connectivity index (χ4n) is 1.54. The number of rotatable bonds is 1. The van der Waals surface area contributed by atoms with Gasteiger partial charge in [-0.1, -0.05) is 0 Å². The molecule has 0 radical (unpaired) electrons. The van der Waals surface area contributed by atoms with Crippen molar-refractivity contribution < 1.29 is 14.7 Å². The van der Waals surface area contributed by atoms with Crippen molar-refractivity contribution >= 4 is 23.6 Å². The molecular weight excluding hydrogens is 190 g/mol. The van der Waals surface area contributed by atoms with E-state index in [0.717, 1.165) is 5.75 Å². The zero-order valence-corrected chi connectivity index (χ0v) is 8.50. The van der Waals surface area contributed by atoms with Crippen molar-refractivity contribution in [3.63, 3.8) is 0 Å². The Morgan fingerprint density at radius 3 is 2.46 bits per heavy atom. The summed E-state index contributed by atoms with van der Waals surface area (Å²) in [5, 5.41) is 8.87. The molecule has 1 saturated heterocycles. The van der Waals surface area contributed by atoms with E-state index in [2.05, 4.69) is 0 Å². The van der Waals surface area contributed by atoms with Crippen LogP contribution in [0, 0.1) is 0 Å².